The van der Waals surface area contributed by atoms with Crippen LogP contribution in [0.2, 0.25) is 0 Å². The summed E-state index contributed by atoms with van der Waals surface area (Å²) < 4.78 is 11.2. The van der Waals surface area contributed by atoms with Gasteiger partial charge in [0.15, 0.2) is 11.5 Å². The number of aromatic nitrogens is 1. The molecule has 1 aromatic carbocycles. The Kier molecular flexibility index (Phi) is 6.25. The molecule has 0 amide bonds. The first-order valence-corrected chi connectivity index (χ1v) is 8.99. The lowest BCUT2D eigenvalue weighted by Crippen LogP contribution is -2.33. The molecule has 0 aliphatic carbocycles. The summed E-state index contributed by atoms with van der Waals surface area (Å²) in [5.41, 5.74) is 2.41. The molecule has 1 fully saturated rings. The highest BCUT2D eigenvalue weighted by Crippen LogP contribution is 2.35. The SMILES string of the molecule is CCOc1ccc(C(c2cccnc2)N2CCCNCC2)cc1OC. The zero-order valence-corrected chi connectivity index (χ0v) is 15.1. The summed E-state index contributed by atoms with van der Waals surface area (Å²) in [5.74, 6) is 1.57. The summed E-state index contributed by atoms with van der Waals surface area (Å²) in [4.78, 5) is 6.86. The van der Waals surface area contributed by atoms with Crippen molar-refractivity contribution in [1.82, 2.24) is 15.2 Å². The molecule has 0 saturated carbocycles. The van der Waals surface area contributed by atoms with Gasteiger partial charge < -0.3 is 14.8 Å². The number of methoxy groups -OCH3 is 1. The van der Waals surface area contributed by atoms with Gasteiger partial charge in [-0.3, -0.25) is 9.88 Å². The number of hydrogen-bond acceptors (Lipinski definition) is 5. The van der Waals surface area contributed by atoms with E-state index in [0.29, 0.717) is 6.61 Å². The lowest BCUT2D eigenvalue weighted by Gasteiger charge is -2.31. The molecule has 5 heteroatoms. The van der Waals surface area contributed by atoms with E-state index in [2.05, 4.69) is 33.4 Å². The van der Waals surface area contributed by atoms with E-state index in [1.165, 1.54) is 11.1 Å². The van der Waals surface area contributed by atoms with Crippen LogP contribution in [0.3, 0.4) is 0 Å². The van der Waals surface area contributed by atoms with Crippen LogP contribution in [-0.4, -0.2) is 49.8 Å². The molecule has 1 unspecified atom stereocenters. The maximum atomic E-state index is 5.67. The van der Waals surface area contributed by atoms with Crippen LogP contribution in [-0.2, 0) is 0 Å². The van der Waals surface area contributed by atoms with Crippen molar-refractivity contribution in [3.8, 4) is 11.5 Å². The smallest absolute Gasteiger partial charge is 0.161 e. The minimum absolute atomic E-state index is 0.165. The molecular formula is C20H27N3O2. The molecule has 1 saturated heterocycles. The number of nitrogens with one attached hydrogen (secondary N) is 1. The van der Waals surface area contributed by atoms with E-state index in [-0.39, 0.29) is 6.04 Å². The summed E-state index contributed by atoms with van der Waals surface area (Å²) >= 11 is 0. The number of ether oxygens (including phenoxy) is 2. The molecule has 0 bridgehead atoms. The second-order valence-corrected chi connectivity index (χ2v) is 6.17. The molecule has 1 N–H and O–H groups in total. The minimum Gasteiger partial charge on any atom is -0.493 e. The Morgan fingerprint density at radius 3 is 2.84 bits per heavy atom. The van der Waals surface area contributed by atoms with Crippen LogP contribution in [0.4, 0.5) is 0 Å². The van der Waals surface area contributed by atoms with Crippen molar-refractivity contribution in [1.29, 1.82) is 0 Å². The molecule has 2 aromatic rings. The Bertz CT molecular complexity index is 655. The molecule has 1 atom stereocenters. The molecular weight excluding hydrogens is 314 g/mol. The molecule has 1 aliphatic heterocycles. The fraction of sp³-hybridized carbons (Fsp3) is 0.450. The van der Waals surface area contributed by atoms with E-state index in [4.69, 9.17) is 9.47 Å². The normalized spacial score (nSPS) is 16.9. The van der Waals surface area contributed by atoms with Gasteiger partial charge in [-0.2, -0.15) is 0 Å². The predicted octanol–water partition coefficient (Wildman–Crippen LogP) is 2.87. The molecule has 5 nitrogen and oxygen atoms in total. The highest BCUT2D eigenvalue weighted by molar-refractivity contribution is 5.45. The van der Waals surface area contributed by atoms with Gasteiger partial charge in [-0.15, -0.1) is 0 Å². The maximum absolute atomic E-state index is 5.67. The number of pyridine rings is 1. The first kappa shape index (κ1) is 17.7. The predicted molar refractivity (Wildman–Crippen MR) is 99.3 cm³/mol. The molecule has 0 radical (unpaired) electrons. The molecule has 1 aliphatic rings. The second-order valence-electron chi connectivity index (χ2n) is 6.17. The molecule has 1 aromatic heterocycles. The minimum atomic E-state index is 0.165. The molecule has 2 heterocycles. The monoisotopic (exact) mass is 341 g/mol. The van der Waals surface area contributed by atoms with Gasteiger partial charge in [-0.05, 0) is 49.2 Å². The number of benzene rings is 1. The Morgan fingerprint density at radius 2 is 2.08 bits per heavy atom. The fourth-order valence-electron chi connectivity index (χ4n) is 3.41. The van der Waals surface area contributed by atoms with Gasteiger partial charge in [0.1, 0.15) is 0 Å². The number of rotatable bonds is 6. The summed E-state index contributed by atoms with van der Waals surface area (Å²) in [6, 6.07) is 10.6. The van der Waals surface area contributed by atoms with Crippen LogP contribution in [0, 0.1) is 0 Å². The topological polar surface area (TPSA) is 46.6 Å². The van der Waals surface area contributed by atoms with Crippen LogP contribution in [0.25, 0.3) is 0 Å². The van der Waals surface area contributed by atoms with E-state index in [1.807, 2.05) is 31.5 Å². The number of nitrogens with zero attached hydrogens (tertiary/aromatic N) is 2. The van der Waals surface area contributed by atoms with Crippen LogP contribution >= 0.6 is 0 Å². The lowest BCUT2D eigenvalue weighted by atomic mass is 9.97. The van der Waals surface area contributed by atoms with E-state index >= 15 is 0 Å². The van der Waals surface area contributed by atoms with Crippen molar-refractivity contribution in [2.45, 2.75) is 19.4 Å². The van der Waals surface area contributed by atoms with Gasteiger partial charge >= 0.3 is 0 Å². The third kappa shape index (κ3) is 4.30. The van der Waals surface area contributed by atoms with Crippen LogP contribution in [0.1, 0.15) is 30.5 Å². The standard InChI is InChI=1S/C20H27N3O2/c1-3-25-18-8-7-16(14-19(18)24-2)20(17-6-4-9-22-15-17)23-12-5-10-21-11-13-23/h4,6-9,14-15,20-21H,3,5,10-13H2,1-2H3. The highest BCUT2D eigenvalue weighted by atomic mass is 16.5. The van der Waals surface area contributed by atoms with Crippen LogP contribution < -0.4 is 14.8 Å². The number of hydrogen-bond donors (Lipinski definition) is 1. The summed E-state index contributed by atoms with van der Waals surface area (Å²) in [7, 11) is 1.69. The van der Waals surface area contributed by atoms with Gasteiger partial charge in [0, 0.05) is 32.0 Å². The first-order chi connectivity index (χ1) is 12.3. The average Bonchev–Trinajstić information content (AvgIpc) is 2.93. The van der Waals surface area contributed by atoms with Crippen molar-refractivity contribution in [2.75, 3.05) is 39.9 Å². The van der Waals surface area contributed by atoms with E-state index < -0.39 is 0 Å². The van der Waals surface area contributed by atoms with Crippen molar-refractivity contribution >= 4 is 0 Å². The average molecular weight is 341 g/mol. The Balaban J connectivity index is 1.99. The van der Waals surface area contributed by atoms with Gasteiger partial charge in [-0.25, -0.2) is 0 Å². The van der Waals surface area contributed by atoms with E-state index in [9.17, 15) is 0 Å². The van der Waals surface area contributed by atoms with Crippen LogP contribution in [0.5, 0.6) is 11.5 Å². The van der Waals surface area contributed by atoms with Crippen molar-refractivity contribution in [2.24, 2.45) is 0 Å². The summed E-state index contributed by atoms with van der Waals surface area (Å²) in [6.45, 7) is 6.75. The molecule has 25 heavy (non-hydrogen) atoms. The summed E-state index contributed by atoms with van der Waals surface area (Å²) in [6.07, 6.45) is 4.93. The second kappa shape index (κ2) is 8.83. The summed E-state index contributed by atoms with van der Waals surface area (Å²) in [5, 5.41) is 3.48. The highest BCUT2D eigenvalue weighted by Gasteiger charge is 2.24. The van der Waals surface area contributed by atoms with Gasteiger partial charge in [0.05, 0.1) is 19.8 Å². The largest absolute Gasteiger partial charge is 0.493 e. The van der Waals surface area contributed by atoms with Crippen molar-refractivity contribution < 1.29 is 9.47 Å². The zero-order valence-electron chi connectivity index (χ0n) is 15.1. The quantitative estimate of drug-likeness (QED) is 0.875. The van der Waals surface area contributed by atoms with E-state index in [1.54, 1.807) is 7.11 Å². The van der Waals surface area contributed by atoms with Gasteiger partial charge in [0.25, 0.3) is 0 Å². The zero-order chi connectivity index (χ0) is 17.5. The Hall–Kier alpha value is -2.11. The van der Waals surface area contributed by atoms with Gasteiger partial charge in [-0.1, -0.05) is 12.1 Å². The molecule has 3 rings (SSSR count). The third-order valence-electron chi connectivity index (χ3n) is 4.54. The Morgan fingerprint density at radius 1 is 1.16 bits per heavy atom. The maximum Gasteiger partial charge on any atom is 0.161 e. The van der Waals surface area contributed by atoms with Crippen molar-refractivity contribution in [3.05, 3.63) is 53.9 Å². The fourth-order valence-corrected chi connectivity index (χ4v) is 3.41. The first-order valence-electron chi connectivity index (χ1n) is 8.99. The van der Waals surface area contributed by atoms with Crippen LogP contribution in [0.15, 0.2) is 42.7 Å². The van der Waals surface area contributed by atoms with E-state index in [0.717, 1.165) is 44.1 Å². The lowest BCUT2D eigenvalue weighted by molar-refractivity contribution is 0.239. The third-order valence-corrected chi connectivity index (χ3v) is 4.54. The van der Waals surface area contributed by atoms with Gasteiger partial charge in [0.2, 0.25) is 0 Å². The van der Waals surface area contributed by atoms with Crippen molar-refractivity contribution in [3.63, 3.8) is 0 Å². The molecule has 0 spiro atoms. The Labute approximate surface area is 150 Å². The molecule has 134 valence electrons.